The third-order valence-electron chi connectivity index (χ3n) is 3.36. The van der Waals surface area contributed by atoms with E-state index in [-0.39, 0.29) is 11.8 Å². The van der Waals surface area contributed by atoms with Gasteiger partial charge in [0.2, 0.25) is 5.91 Å². The summed E-state index contributed by atoms with van der Waals surface area (Å²) in [5.41, 5.74) is 2.67. The third-order valence-corrected chi connectivity index (χ3v) is 4.14. The Hall–Kier alpha value is -1.69. The zero-order valence-corrected chi connectivity index (χ0v) is 12.3. The van der Waals surface area contributed by atoms with E-state index in [2.05, 4.69) is 5.32 Å². The van der Waals surface area contributed by atoms with Crippen molar-refractivity contribution < 1.29 is 18.0 Å². The van der Waals surface area contributed by atoms with Crippen molar-refractivity contribution in [2.45, 2.75) is 25.8 Å². The number of hydrogen-bond acceptors (Lipinski definition) is 4. The van der Waals surface area contributed by atoms with Gasteiger partial charge >= 0.3 is 0 Å². The number of amides is 1. The van der Waals surface area contributed by atoms with Gasteiger partial charge in [-0.05, 0) is 37.0 Å². The second-order valence-electron chi connectivity index (χ2n) is 5.20. The molecule has 108 valence electrons. The molecule has 0 bridgehead atoms. The first kappa shape index (κ1) is 14.7. The Morgan fingerprint density at radius 2 is 2.05 bits per heavy atom. The van der Waals surface area contributed by atoms with Crippen LogP contribution in [0.3, 0.4) is 0 Å². The lowest BCUT2D eigenvalue weighted by Gasteiger charge is -2.14. The predicted octanol–water partition coefficient (Wildman–Crippen LogP) is 1.04. The molecule has 2 rings (SSSR count). The minimum Gasteiger partial charge on any atom is -0.348 e. The molecule has 1 aliphatic rings. The summed E-state index contributed by atoms with van der Waals surface area (Å²) in [5, 5.41) is 2.74. The van der Waals surface area contributed by atoms with Gasteiger partial charge in [0.1, 0.15) is 5.75 Å². The van der Waals surface area contributed by atoms with Gasteiger partial charge in [0.05, 0.1) is 6.04 Å². The van der Waals surface area contributed by atoms with Crippen molar-refractivity contribution in [1.29, 1.82) is 0 Å². The lowest BCUT2D eigenvalue weighted by molar-refractivity contribution is -0.119. The summed E-state index contributed by atoms with van der Waals surface area (Å²) >= 11 is 0. The number of sulfone groups is 1. The summed E-state index contributed by atoms with van der Waals surface area (Å²) in [6.07, 6.45) is 2.54. The van der Waals surface area contributed by atoms with Crippen molar-refractivity contribution in [1.82, 2.24) is 5.32 Å². The van der Waals surface area contributed by atoms with E-state index in [4.69, 9.17) is 0 Å². The Kier molecular flexibility index (Phi) is 3.94. The molecule has 0 saturated carbocycles. The van der Waals surface area contributed by atoms with Crippen molar-refractivity contribution in [2.75, 3.05) is 12.0 Å². The standard InChI is InChI=1S/C14H17NO4S/c1-9(16)10-3-5-12-11(7-10)4-6-13(12)15-14(17)8-20(2,18)19/h3,5,7,13H,4,6,8H2,1-2H3,(H,15,17). The van der Waals surface area contributed by atoms with E-state index >= 15 is 0 Å². The van der Waals surface area contributed by atoms with Crippen molar-refractivity contribution in [2.24, 2.45) is 0 Å². The quantitative estimate of drug-likeness (QED) is 0.842. The number of nitrogens with one attached hydrogen (secondary N) is 1. The van der Waals surface area contributed by atoms with Crippen LogP contribution in [0.15, 0.2) is 18.2 Å². The fourth-order valence-electron chi connectivity index (χ4n) is 2.46. The molecule has 20 heavy (non-hydrogen) atoms. The molecule has 1 unspecified atom stereocenters. The van der Waals surface area contributed by atoms with Crippen molar-refractivity contribution in [3.05, 3.63) is 34.9 Å². The minimum absolute atomic E-state index is 0.0114. The Balaban J connectivity index is 2.13. The summed E-state index contributed by atoms with van der Waals surface area (Å²) in [4.78, 5) is 23.0. The van der Waals surface area contributed by atoms with Crippen molar-refractivity contribution in [3.63, 3.8) is 0 Å². The largest absolute Gasteiger partial charge is 0.348 e. The molecule has 1 aliphatic carbocycles. The number of Topliss-reactive ketones (excluding diaryl/α,β-unsaturated/α-hetero) is 1. The van der Waals surface area contributed by atoms with E-state index in [1.54, 1.807) is 6.07 Å². The van der Waals surface area contributed by atoms with Gasteiger partial charge in [-0.3, -0.25) is 9.59 Å². The van der Waals surface area contributed by atoms with Crippen LogP contribution in [0.2, 0.25) is 0 Å². The van der Waals surface area contributed by atoms with Gasteiger partial charge < -0.3 is 5.32 Å². The van der Waals surface area contributed by atoms with Gasteiger partial charge in [-0.25, -0.2) is 8.42 Å². The van der Waals surface area contributed by atoms with Crippen molar-refractivity contribution >= 4 is 21.5 Å². The number of rotatable bonds is 4. The molecule has 0 heterocycles. The Labute approximate surface area is 118 Å². The molecule has 1 N–H and O–H groups in total. The van der Waals surface area contributed by atoms with Gasteiger partial charge in [-0.15, -0.1) is 0 Å². The van der Waals surface area contributed by atoms with Crippen LogP contribution in [0.25, 0.3) is 0 Å². The highest BCUT2D eigenvalue weighted by molar-refractivity contribution is 7.91. The lowest BCUT2D eigenvalue weighted by atomic mass is 10.0. The summed E-state index contributed by atoms with van der Waals surface area (Å²) in [5.74, 6) is -0.969. The van der Waals surface area contributed by atoms with Gasteiger partial charge in [-0.2, -0.15) is 0 Å². The fraction of sp³-hybridized carbons (Fsp3) is 0.429. The molecule has 0 radical (unpaired) electrons. The van der Waals surface area contributed by atoms with Crippen LogP contribution in [0.1, 0.15) is 40.9 Å². The monoisotopic (exact) mass is 295 g/mol. The van der Waals surface area contributed by atoms with E-state index in [1.165, 1.54) is 6.92 Å². The minimum atomic E-state index is -3.32. The van der Waals surface area contributed by atoms with E-state index in [1.807, 2.05) is 12.1 Å². The number of hydrogen-bond donors (Lipinski definition) is 1. The first-order chi connectivity index (χ1) is 9.26. The second-order valence-corrected chi connectivity index (χ2v) is 7.34. The molecule has 1 aromatic carbocycles. The van der Waals surface area contributed by atoms with Crippen molar-refractivity contribution in [3.8, 4) is 0 Å². The number of carbonyl (C=O) groups is 2. The van der Waals surface area contributed by atoms with Gasteiger partial charge in [0, 0.05) is 11.8 Å². The fourth-order valence-corrected chi connectivity index (χ4v) is 3.02. The Morgan fingerprint density at radius 1 is 1.35 bits per heavy atom. The number of fused-ring (bicyclic) bond motifs is 1. The zero-order valence-electron chi connectivity index (χ0n) is 11.5. The van der Waals surface area contributed by atoms with E-state index in [9.17, 15) is 18.0 Å². The average Bonchev–Trinajstić information content (AvgIpc) is 2.69. The number of ketones is 1. The molecule has 1 amide bonds. The molecule has 0 aliphatic heterocycles. The highest BCUT2D eigenvalue weighted by Crippen LogP contribution is 2.31. The maximum atomic E-state index is 11.7. The first-order valence-corrected chi connectivity index (χ1v) is 8.43. The van der Waals surface area contributed by atoms with Gasteiger partial charge in [0.25, 0.3) is 0 Å². The highest BCUT2D eigenvalue weighted by atomic mass is 32.2. The molecule has 6 heteroatoms. The van der Waals surface area contributed by atoms with Gasteiger partial charge in [0.15, 0.2) is 15.6 Å². The van der Waals surface area contributed by atoms with Crippen LogP contribution in [-0.2, 0) is 21.1 Å². The number of carbonyl (C=O) groups excluding carboxylic acids is 2. The summed E-state index contributed by atoms with van der Waals surface area (Å²) in [6.45, 7) is 1.52. The van der Waals surface area contributed by atoms with E-state index in [0.717, 1.165) is 30.2 Å². The SMILES string of the molecule is CC(=O)c1ccc2c(c1)CCC2NC(=O)CS(C)(=O)=O. The molecule has 0 spiro atoms. The zero-order chi connectivity index (χ0) is 14.9. The van der Waals surface area contributed by atoms with Crippen LogP contribution >= 0.6 is 0 Å². The second kappa shape index (κ2) is 5.36. The van der Waals surface area contributed by atoms with Gasteiger partial charge in [-0.1, -0.05) is 12.1 Å². The Morgan fingerprint density at radius 3 is 2.65 bits per heavy atom. The van der Waals surface area contributed by atoms with E-state index in [0.29, 0.717) is 5.56 Å². The van der Waals surface area contributed by atoms with Crippen LogP contribution in [-0.4, -0.2) is 32.1 Å². The van der Waals surface area contributed by atoms with E-state index < -0.39 is 21.5 Å². The third kappa shape index (κ3) is 3.45. The summed E-state index contributed by atoms with van der Waals surface area (Å²) in [6, 6.07) is 5.26. The maximum absolute atomic E-state index is 11.7. The number of benzene rings is 1. The molecule has 5 nitrogen and oxygen atoms in total. The summed E-state index contributed by atoms with van der Waals surface area (Å²) < 4.78 is 22.2. The average molecular weight is 295 g/mol. The first-order valence-electron chi connectivity index (χ1n) is 6.37. The molecule has 0 aromatic heterocycles. The molecular formula is C14H17NO4S. The van der Waals surface area contributed by atoms with Crippen LogP contribution < -0.4 is 5.32 Å². The molecule has 0 saturated heterocycles. The number of aryl methyl sites for hydroxylation is 1. The predicted molar refractivity (Wildman–Crippen MR) is 75.4 cm³/mol. The maximum Gasteiger partial charge on any atom is 0.235 e. The molecule has 0 fully saturated rings. The van der Waals surface area contributed by atoms with Crippen LogP contribution in [0.5, 0.6) is 0 Å². The van der Waals surface area contributed by atoms with Crippen LogP contribution in [0, 0.1) is 0 Å². The van der Waals surface area contributed by atoms with Crippen LogP contribution in [0.4, 0.5) is 0 Å². The Bertz CT molecular complexity index is 664. The molecule has 1 aromatic rings. The topological polar surface area (TPSA) is 80.3 Å². The molecule has 1 atom stereocenters. The highest BCUT2D eigenvalue weighted by Gasteiger charge is 2.25. The lowest BCUT2D eigenvalue weighted by Crippen LogP contribution is -2.32. The smallest absolute Gasteiger partial charge is 0.235 e. The molecular weight excluding hydrogens is 278 g/mol. The normalized spacial score (nSPS) is 17.6. The summed E-state index contributed by atoms with van der Waals surface area (Å²) in [7, 11) is -3.32.